The maximum Gasteiger partial charge on any atom is 0.277 e. The van der Waals surface area contributed by atoms with Crippen molar-refractivity contribution in [3.63, 3.8) is 0 Å². The van der Waals surface area contributed by atoms with E-state index in [4.69, 9.17) is 9.47 Å². The van der Waals surface area contributed by atoms with Crippen LogP contribution in [0.1, 0.15) is 5.56 Å². The van der Waals surface area contributed by atoms with E-state index >= 15 is 0 Å². The topological polar surface area (TPSA) is 80.2 Å². The zero-order chi connectivity index (χ0) is 19.8. The number of phenols is 1. The molecule has 3 aromatic carbocycles. The van der Waals surface area contributed by atoms with Crippen molar-refractivity contribution in [2.75, 3.05) is 13.7 Å². The summed E-state index contributed by atoms with van der Waals surface area (Å²) in [6.45, 7) is -0.167. The van der Waals surface area contributed by atoms with E-state index in [-0.39, 0.29) is 18.3 Å². The van der Waals surface area contributed by atoms with Crippen LogP contribution in [0, 0.1) is 0 Å². The first kappa shape index (κ1) is 19.0. The van der Waals surface area contributed by atoms with Gasteiger partial charge in [-0.1, -0.05) is 48.5 Å². The Labute approximate surface area is 163 Å². The molecular weight excluding hydrogens is 356 g/mol. The van der Waals surface area contributed by atoms with Gasteiger partial charge in [-0.3, -0.25) is 4.79 Å². The van der Waals surface area contributed by atoms with E-state index in [1.54, 1.807) is 12.1 Å². The van der Waals surface area contributed by atoms with Crippen LogP contribution in [-0.2, 0) is 4.79 Å². The van der Waals surface area contributed by atoms with Crippen LogP contribution in [0.25, 0.3) is 11.1 Å². The molecule has 3 rings (SSSR count). The largest absolute Gasteiger partial charge is 0.504 e. The number of nitrogens with one attached hydrogen (secondary N) is 1. The predicted octanol–water partition coefficient (Wildman–Crippen LogP) is 3.60. The Kier molecular flexibility index (Phi) is 6.25. The predicted molar refractivity (Wildman–Crippen MR) is 108 cm³/mol. The normalized spacial score (nSPS) is 10.6. The fourth-order valence-corrected chi connectivity index (χ4v) is 2.58. The number of methoxy groups -OCH3 is 1. The number of rotatable bonds is 7. The zero-order valence-electron chi connectivity index (χ0n) is 15.3. The lowest BCUT2D eigenvalue weighted by Crippen LogP contribution is -2.24. The molecule has 0 saturated heterocycles. The summed E-state index contributed by atoms with van der Waals surface area (Å²) in [7, 11) is 1.46. The summed E-state index contributed by atoms with van der Waals surface area (Å²) < 4.78 is 10.7. The monoisotopic (exact) mass is 376 g/mol. The second-order valence-electron chi connectivity index (χ2n) is 5.88. The van der Waals surface area contributed by atoms with Gasteiger partial charge in [0.25, 0.3) is 5.91 Å². The lowest BCUT2D eigenvalue weighted by molar-refractivity contribution is -0.123. The molecule has 142 valence electrons. The molecule has 0 fully saturated rings. The number of aromatic hydroxyl groups is 1. The molecule has 0 aliphatic rings. The molecule has 0 spiro atoms. The van der Waals surface area contributed by atoms with Crippen molar-refractivity contribution in [2.24, 2.45) is 5.10 Å². The van der Waals surface area contributed by atoms with Gasteiger partial charge in [-0.15, -0.1) is 0 Å². The zero-order valence-corrected chi connectivity index (χ0v) is 15.3. The Balaban J connectivity index is 1.58. The smallest absolute Gasteiger partial charge is 0.277 e. The lowest BCUT2D eigenvalue weighted by atomic mass is 10.1. The number of phenolic OH excluding ortho intramolecular Hbond substituents is 1. The third-order valence-corrected chi connectivity index (χ3v) is 3.94. The Hall–Kier alpha value is -3.80. The number of para-hydroxylation sites is 1. The summed E-state index contributed by atoms with van der Waals surface area (Å²) in [6.07, 6.45) is 1.46. The van der Waals surface area contributed by atoms with Gasteiger partial charge in [0.15, 0.2) is 18.1 Å². The van der Waals surface area contributed by atoms with E-state index in [2.05, 4.69) is 10.5 Å². The molecule has 0 saturated carbocycles. The summed E-state index contributed by atoms with van der Waals surface area (Å²) >= 11 is 0. The average Bonchev–Trinajstić information content (AvgIpc) is 2.74. The minimum absolute atomic E-state index is 0.0363. The molecular formula is C22H20N2O4. The first-order valence-corrected chi connectivity index (χ1v) is 8.63. The number of nitrogens with zero attached hydrogens (tertiary/aromatic N) is 1. The maximum atomic E-state index is 12.0. The van der Waals surface area contributed by atoms with E-state index in [1.807, 2.05) is 54.6 Å². The number of hydrazone groups is 1. The Morgan fingerprint density at radius 1 is 1.04 bits per heavy atom. The number of carbonyl (C=O) groups is 1. The molecule has 28 heavy (non-hydrogen) atoms. The van der Waals surface area contributed by atoms with Crippen LogP contribution in [0.3, 0.4) is 0 Å². The quantitative estimate of drug-likeness (QED) is 0.488. The molecule has 6 nitrogen and oxygen atoms in total. The van der Waals surface area contributed by atoms with Crippen LogP contribution in [0.4, 0.5) is 0 Å². The SMILES string of the molecule is COc1cc(/C=N/NC(=O)COc2ccccc2-c2ccccc2)ccc1O. The number of benzene rings is 3. The third-order valence-electron chi connectivity index (χ3n) is 3.94. The van der Waals surface area contributed by atoms with E-state index in [1.165, 1.54) is 19.4 Å². The number of hydrogen-bond donors (Lipinski definition) is 2. The van der Waals surface area contributed by atoms with Gasteiger partial charge in [0.05, 0.1) is 13.3 Å². The van der Waals surface area contributed by atoms with Crippen LogP contribution < -0.4 is 14.9 Å². The molecule has 6 heteroatoms. The van der Waals surface area contributed by atoms with E-state index in [0.29, 0.717) is 17.1 Å². The van der Waals surface area contributed by atoms with E-state index in [0.717, 1.165) is 11.1 Å². The molecule has 0 heterocycles. The number of carbonyl (C=O) groups excluding carboxylic acids is 1. The van der Waals surface area contributed by atoms with Crippen molar-refractivity contribution in [2.45, 2.75) is 0 Å². The van der Waals surface area contributed by atoms with Gasteiger partial charge < -0.3 is 14.6 Å². The number of amides is 1. The third kappa shape index (κ3) is 4.88. The van der Waals surface area contributed by atoms with Gasteiger partial charge in [0, 0.05) is 5.56 Å². The fourth-order valence-electron chi connectivity index (χ4n) is 2.58. The Bertz CT molecular complexity index is 971. The summed E-state index contributed by atoms with van der Waals surface area (Å²) in [4.78, 5) is 12.0. The maximum absolute atomic E-state index is 12.0. The highest BCUT2D eigenvalue weighted by molar-refractivity contribution is 5.83. The highest BCUT2D eigenvalue weighted by Gasteiger charge is 2.08. The molecule has 0 aliphatic carbocycles. The fraction of sp³-hybridized carbons (Fsp3) is 0.0909. The van der Waals surface area contributed by atoms with Crippen molar-refractivity contribution in [1.82, 2.24) is 5.43 Å². The molecule has 1 amide bonds. The second-order valence-corrected chi connectivity index (χ2v) is 5.88. The van der Waals surface area contributed by atoms with Crippen LogP contribution >= 0.6 is 0 Å². The molecule has 0 bridgehead atoms. The van der Waals surface area contributed by atoms with E-state index < -0.39 is 0 Å². The number of ether oxygens (including phenoxy) is 2. The molecule has 2 N–H and O–H groups in total. The number of hydrogen-bond acceptors (Lipinski definition) is 5. The van der Waals surface area contributed by atoms with Gasteiger partial charge in [0.2, 0.25) is 0 Å². The Morgan fingerprint density at radius 3 is 2.57 bits per heavy atom. The average molecular weight is 376 g/mol. The minimum atomic E-state index is -0.384. The van der Waals surface area contributed by atoms with Crippen LogP contribution in [-0.4, -0.2) is 30.9 Å². The summed E-state index contributed by atoms with van der Waals surface area (Å²) in [5.41, 5.74) is 5.01. The summed E-state index contributed by atoms with van der Waals surface area (Å²) in [6, 6.07) is 22.1. The summed E-state index contributed by atoms with van der Waals surface area (Å²) in [5.74, 6) is 0.603. The standard InChI is InChI=1S/C22H20N2O4/c1-27-21-13-16(11-12-19(21)25)14-23-24-22(26)15-28-20-10-6-5-9-18(20)17-7-3-2-4-8-17/h2-14,25H,15H2,1H3,(H,24,26)/b23-14+. The van der Waals surface area contributed by atoms with Gasteiger partial charge in [-0.2, -0.15) is 5.10 Å². The van der Waals surface area contributed by atoms with Gasteiger partial charge >= 0.3 is 0 Å². The minimum Gasteiger partial charge on any atom is -0.504 e. The Morgan fingerprint density at radius 2 is 1.79 bits per heavy atom. The summed E-state index contributed by atoms with van der Waals surface area (Å²) in [5, 5.41) is 13.5. The highest BCUT2D eigenvalue weighted by atomic mass is 16.5. The molecule has 0 radical (unpaired) electrons. The van der Waals surface area contributed by atoms with Gasteiger partial charge in [-0.05, 0) is 35.4 Å². The van der Waals surface area contributed by atoms with Crippen LogP contribution in [0.5, 0.6) is 17.2 Å². The second kappa shape index (κ2) is 9.23. The van der Waals surface area contributed by atoms with Gasteiger partial charge in [-0.25, -0.2) is 5.43 Å². The van der Waals surface area contributed by atoms with Crippen LogP contribution in [0.2, 0.25) is 0 Å². The van der Waals surface area contributed by atoms with Crippen LogP contribution in [0.15, 0.2) is 77.9 Å². The van der Waals surface area contributed by atoms with Gasteiger partial charge in [0.1, 0.15) is 5.75 Å². The molecule has 0 unspecified atom stereocenters. The molecule has 3 aromatic rings. The van der Waals surface area contributed by atoms with Crippen molar-refractivity contribution >= 4 is 12.1 Å². The van der Waals surface area contributed by atoms with Crippen molar-refractivity contribution < 1.29 is 19.4 Å². The lowest BCUT2D eigenvalue weighted by Gasteiger charge is -2.10. The van der Waals surface area contributed by atoms with Crippen molar-refractivity contribution in [3.05, 3.63) is 78.4 Å². The molecule has 0 atom stereocenters. The first-order valence-electron chi connectivity index (χ1n) is 8.63. The molecule has 0 aliphatic heterocycles. The highest BCUT2D eigenvalue weighted by Crippen LogP contribution is 2.29. The molecule has 0 aromatic heterocycles. The van der Waals surface area contributed by atoms with Crippen molar-refractivity contribution in [3.8, 4) is 28.4 Å². The first-order chi connectivity index (χ1) is 13.7. The van der Waals surface area contributed by atoms with E-state index in [9.17, 15) is 9.90 Å². The van der Waals surface area contributed by atoms with Crippen molar-refractivity contribution in [1.29, 1.82) is 0 Å².